The Morgan fingerprint density at radius 3 is 2.61 bits per heavy atom. The molecule has 0 saturated heterocycles. The summed E-state index contributed by atoms with van der Waals surface area (Å²) < 4.78 is 5.62. The third kappa shape index (κ3) is 3.39. The molecule has 96 valence electrons. The normalized spacial score (nSPS) is 20.8. The van der Waals surface area contributed by atoms with Crippen LogP contribution in [0.5, 0.6) is 0 Å². The lowest BCUT2D eigenvalue weighted by atomic mass is 10.00. The first-order valence-electron chi connectivity index (χ1n) is 6.23. The topological polar surface area (TPSA) is 26.3 Å². The Labute approximate surface area is 112 Å². The zero-order valence-corrected chi connectivity index (χ0v) is 11.5. The van der Waals surface area contributed by atoms with E-state index in [1.807, 2.05) is 18.2 Å². The van der Waals surface area contributed by atoms with Gasteiger partial charge >= 0.3 is 0 Å². The quantitative estimate of drug-likeness (QED) is 0.774. The number of carbonyl (C=O) groups is 1. The van der Waals surface area contributed by atoms with Gasteiger partial charge in [-0.15, -0.1) is 11.8 Å². The minimum Gasteiger partial charge on any atom is -0.496 e. The summed E-state index contributed by atoms with van der Waals surface area (Å²) in [5.41, 5.74) is 0. The van der Waals surface area contributed by atoms with E-state index in [0.717, 1.165) is 0 Å². The van der Waals surface area contributed by atoms with E-state index in [9.17, 15) is 4.79 Å². The Hall–Kier alpha value is -1.22. The molecule has 2 atom stereocenters. The largest absolute Gasteiger partial charge is 0.496 e. The first-order valence-corrected chi connectivity index (χ1v) is 7.11. The molecule has 2 rings (SSSR count). The number of thioether (sulfide) groups is 1. The summed E-state index contributed by atoms with van der Waals surface area (Å²) in [6.07, 6.45) is 3.52. The number of hydrogen-bond donors (Lipinski definition) is 0. The highest BCUT2D eigenvalue weighted by Crippen LogP contribution is 2.33. The van der Waals surface area contributed by atoms with Crippen molar-refractivity contribution in [2.45, 2.75) is 36.5 Å². The van der Waals surface area contributed by atoms with Crippen LogP contribution in [-0.4, -0.2) is 17.1 Å². The average molecular weight is 262 g/mol. The number of allylic oxidation sites excluding steroid dienone is 1. The first-order chi connectivity index (χ1) is 8.66. The van der Waals surface area contributed by atoms with Crippen molar-refractivity contribution >= 4 is 17.5 Å². The van der Waals surface area contributed by atoms with E-state index in [1.54, 1.807) is 11.8 Å². The van der Waals surface area contributed by atoms with Crippen LogP contribution in [0, 0.1) is 5.92 Å². The molecule has 0 amide bonds. The number of carbonyl (C=O) groups excluding carboxylic acids is 1. The lowest BCUT2D eigenvalue weighted by Crippen LogP contribution is -2.33. The van der Waals surface area contributed by atoms with Gasteiger partial charge in [0.05, 0.1) is 6.26 Å². The molecule has 1 aliphatic rings. The Balaban J connectivity index is 2.09. The highest BCUT2D eigenvalue weighted by atomic mass is 32.2. The van der Waals surface area contributed by atoms with Crippen molar-refractivity contribution in [2.75, 3.05) is 0 Å². The standard InChI is InChI=1S/C15H18O2S/c1-11(2)15(14-10-12(16)8-9-17-14)18-13-6-4-3-5-7-13/h3-9,11,14-15H,10H2,1-2H3/t14-,15+/m1/s1. The zero-order valence-electron chi connectivity index (χ0n) is 10.7. The van der Waals surface area contributed by atoms with Crippen molar-refractivity contribution in [1.82, 2.24) is 0 Å². The minimum atomic E-state index is -0.0206. The Bertz CT molecular complexity index is 425. The fraction of sp³-hybridized carbons (Fsp3) is 0.400. The van der Waals surface area contributed by atoms with Gasteiger partial charge in [0.25, 0.3) is 0 Å². The Kier molecular flexibility index (Phi) is 4.48. The molecule has 2 nitrogen and oxygen atoms in total. The van der Waals surface area contributed by atoms with Gasteiger partial charge in [-0.3, -0.25) is 4.79 Å². The van der Waals surface area contributed by atoms with Crippen molar-refractivity contribution < 1.29 is 9.53 Å². The van der Waals surface area contributed by atoms with Gasteiger partial charge in [0.15, 0.2) is 5.78 Å². The molecule has 0 aliphatic carbocycles. The Morgan fingerprint density at radius 2 is 2.00 bits per heavy atom. The first kappa shape index (κ1) is 13.2. The van der Waals surface area contributed by atoms with Crippen molar-refractivity contribution in [3.8, 4) is 0 Å². The van der Waals surface area contributed by atoms with Gasteiger partial charge in [0.2, 0.25) is 0 Å². The highest BCUT2D eigenvalue weighted by molar-refractivity contribution is 8.00. The number of ether oxygens (including phenoxy) is 1. The maximum atomic E-state index is 11.5. The molecular formula is C15H18O2S. The molecule has 0 saturated carbocycles. The van der Waals surface area contributed by atoms with Crippen LogP contribution in [0.25, 0.3) is 0 Å². The molecule has 1 aliphatic heterocycles. The summed E-state index contributed by atoms with van der Waals surface area (Å²) >= 11 is 1.79. The maximum absolute atomic E-state index is 11.5. The van der Waals surface area contributed by atoms with E-state index in [-0.39, 0.29) is 11.9 Å². The smallest absolute Gasteiger partial charge is 0.162 e. The van der Waals surface area contributed by atoms with E-state index >= 15 is 0 Å². The summed E-state index contributed by atoms with van der Waals surface area (Å²) in [6.45, 7) is 4.35. The molecular weight excluding hydrogens is 244 g/mol. The summed E-state index contributed by atoms with van der Waals surface area (Å²) in [7, 11) is 0. The molecule has 0 aromatic heterocycles. The average Bonchev–Trinajstić information content (AvgIpc) is 2.37. The minimum absolute atomic E-state index is 0.0206. The SMILES string of the molecule is CC(C)[C@H](Sc1ccccc1)[C@H]1CC(=O)C=CO1. The molecule has 0 bridgehead atoms. The fourth-order valence-corrected chi connectivity index (χ4v) is 3.23. The molecule has 18 heavy (non-hydrogen) atoms. The lowest BCUT2D eigenvalue weighted by molar-refractivity contribution is -0.118. The van der Waals surface area contributed by atoms with Gasteiger partial charge in [0, 0.05) is 22.6 Å². The molecule has 0 unspecified atom stereocenters. The highest BCUT2D eigenvalue weighted by Gasteiger charge is 2.29. The van der Waals surface area contributed by atoms with Gasteiger partial charge in [-0.1, -0.05) is 32.0 Å². The number of benzene rings is 1. The van der Waals surface area contributed by atoms with Crippen molar-refractivity contribution in [2.24, 2.45) is 5.92 Å². The summed E-state index contributed by atoms with van der Waals surface area (Å²) in [5.74, 6) is 0.616. The van der Waals surface area contributed by atoms with Crippen LogP contribution in [0.15, 0.2) is 47.6 Å². The van der Waals surface area contributed by atoms with E-state index in [1.165, 1.54) is 17.2 Å². The van der Waals surface area contributed by atoms with Gasteiger partial charge in [0.1, 0.15) is 6.10 Å². The van der Waals surface area contributed by atoms with E-state index in [4.69, 9.17) is 4.74 Å². The number of rotatable bonds is 4. The van der Waals surface area contributed by atoms with Crippen molar-refractivity contribution in [1.29, 1.82) is 0 Å². The van der Waals surface area contributed by atoms with E-state index in [0.29, 0.717) is 17.6 Å². The van der Waals surface area contributed by atoms with Crippen molar-refractivity contribution in [3.05, 3.63) is 42.7 Å². The van der Waals surface area contributed by atoms with Crippen LogP contribution in [0.3, 0.4) is 0 Å². The van der Waals surface area contributed by atoms with Crippen LogP contribution in [0.1, 0.15) is 20.3 Å². The van der Waals surface area contributed by atoms with E-state index in [2.05, 4.69) is 26.0 Å². The van der Waals surface area contributed by atoms with Gasteiger partial charge in [-0.05, 0) is 18.1 Å². The third-order valence-electron chi connectivity index (χ3n) is 2.95. The van der Waals surface area contributed by atoms with E-state index < -0.39 is 0 Å². The Morgan fingerprint density at radius 1 is 1.28 bits per heavy atom. The zero-order chi connectivity index (χ0) is 13.0. The molecule has 3 heteroatoms. The predicted molar refractivity (Wildman–Crippen MR) is 74.6 cm³/mol. The number of ketones is 1. The summed E-state index contributed by atoms with van der Waals surface area (Å²) in [6, 6.07) is 10.3. The summed E-state index contributed by atoms with van der Waals surface area (Å²) in [4.78, 5) is 12.7. The number of hydrogen-bond acceptors (Lipinski definition) is 3. The van der Waals surface area contributed by atoms with Gasteiger partial charge in [-0.2, -0.15) is 0 Å². The van der Waals surface area contributed by atoms with Crippen LogP contribution in [-0.2, 0) is 9.53 Å². The lowest BCUT2D eigenvalue weighted by Gasteiger charge is -2.30. The van der Waals surface area contributed by atoms with Gasteiger partial charge < -0.3 is 4.74 Å². The molecule has 1 aromatic carbocycles. The predicted octanol–water partition coefficient (Wildman–Crippen LogP) is 3.68. The van der Waals surface area contributed by atoms with Crippen LogP contribution in [0.4, 0.5) is 0 Å². The monoisotopic (exact) mass is 262 g/mol. The molecule has 1 heterocycles. The second-order valence-electron chi connectivity index (χ2n) is 4.79. The molecule has 1 aromatic rings. The summed E-state index contributed by atoms with van der Waals surface area (Å²) in [5, 5.41) is 0.293. The maximum Gasteiger partial charge on any atom is 0.162 e. The van der Waals surface area contributed by atoms with Crippen LogP contribution in [0.2, 0.25) is 0 Å². The second-order valence-corrected chi connectivity index (χ2v) is 6.04. The van der Waals surface area contributed by atoms with Crippen LogP contribution < -0.4 is 0 Å². The van der Waals surface area contributed by atoms with Crippen LogP contribution >= 0.6 is 11.8 Å². The second kappa shape index (κ2) is 6.10. The fourth-order valence-electron chi connectivity index (χ4n) is 2.02. The van der Waals surface area contributed by atoms with Gasteiger partial charge in [-0.25, -0.2) is 0 Å². The third-order valence-corrected chi connectivity index (χ3v) is 4.61. The molecule has 0 fully saturated rings. The molecule has 0 radical (unpaired) electrons. The van der Waals surface area contributed by atoms with Crippen molar-refractivity contribution in [3.63, 3.8) is 0 Å². The molecule has 0 spiro atoms. The molecule has 0 N–H and O–H groups in total.